The minimum absolute atomic E-state index is 0.144. The van der Waals surface area contributed by atoms with Crippen LogP contribution in [0.25, 0.3) is 0 Å². The van der Waals surface area contributed by atoms with E-state index in [0.29, 0.717) is 11.6 Å². The Hall–Kier alpha value is -2.21. The molecule has 0 radical (unpaired) electrons. The number of fused-ring (bicyclic) bond motifs is 1. The number of nitrogens with one attached hydrogen (secondary N) is 1. The van der Waals surface area contributed by atoms with Crippen LogP contribution in [-0.4, -0.2) is 37.0 Å². The van der Waals surface area contributed by atoms with Crippen LogP contribution in [0.5, 0.6) is 0 Å². The third-order valence-electron chi connectivity index (χ3n) is 6.14. The monoisotopic (exact) mass is 356 g/mol. The fourth-order valence-electron chi connectivity index (χ4n) is 4.95. The van der Waals surface area contributed by atoms with Crippen LogP contribution in [0.1, 0.15) is 32.1 Å². The van der Waals surface area contributed by atoms with E-state index in [9.17, 15) is 14.4 Å². The average molecular weight is 356 g/mol. The predicted molar refractivity (Wildman–Crippen MR) is 95.2 cm³/mol. The fraction of sp³-hybridized carbons (Fsp3) is 0.550. The molecule has 3 fully saturated rings. The van der Waals surface area contributed by atoms with Crippen LogP contribution in [0.4, 0.5) is 5.69 Å². The third-order valence-corrected chi connectivity index (χ3v) is 6.14. The van der Waals surface area contributed by atoms with Gasteiger partial charge in [-0.1, -0.05) is 37.5 Å². The fourth-order valence-corrected chi connectivity index (χ4v) is 4.95. The molecule has 0 unspecified atom stereocenters. The first-order valence-electron chi connectivity index (χ1n) is 9.40. The van der Waals surface area contributed by atoms with Gasteiger partial charge in [0, 0.05) is 6.04 Å². The molecule has 1 aromatic rings. The Balaban J connectivity index is 1.70. The van der Waals surface area contributed by atoms with E-state index in [2.05, 4.69) is 5.32 Å². The quantitative estimate of drug-likeness (QED) is 0.661. The summed E-state index contributed by atoms with van der Waals surface area (Å²) in [5, 5.41) is 3.30. The van der Waals surface area contributed by atoms with E-state index in [4.69, 9.17) is 4.74 Å². The highest BCUT2D eigenvalue weighted by molar-refractivity contribution is 6.23. The van der Waals surface area contributed by atoms with E-state index in [1.807, 2.05) is 6.07 Å². The van der Waals surface area contributed by atoms with Crippen LogP contribution in [0.2, 0.25) is 0 Å². The van der Waals surface area contributed by atoms with Crippen molar-refractivity contribution in [1.29, 1.82) is 0 Å². The Morgan fingerprint density at radius 2 is 1.69 bits per heavy atom. The lowest BCUT2D eigenvalue weighted by Gasteiger charge is -2.31. The van der Waals surface area contributed by atoms with E-state index < -0.39 is 23.8 Å². The summed E-state index contributed by atoms with van der Waals surface area (Å²) >= 11 is 0. The summed E-state index contributed by atoms with van der Waals surface area (Å²) in [7, 11) is 1.32. The van der Waals surface area contributed by atoms with Gasteiger partial charge < -0.3 is 4.74 Å². The second kappa shape index (κ2) is 6.83. The number of esters is 1. The van der Waals surface area contributed by atoms with Crippen LogP contribution in [0.3, 0.4) is 0 Å². The molecule has 2 aliphatic heterocycles. The maximum absolute atomic E-state index is 13.2. The van der Waals surface area contributed by atoms with Crippen LogP contribution < -0.4 is 10.2 Å². The van der Waals surface area contributed by atoms with Crippen LogP contribution in [0, 0.1) is 17.8 Å². The first kappa shape index (κ1) is 17.2. The Morgan fingerprint density at radius 1 is 1.04 bits per heavy atom. The molecule has 6 nitrogen and oxygen atoms in total. The van der Waals surface area contributed by atoms with Crippen molar-refractivity contribution in [1.82, 2.24) is 5.32 Å². The average Bonchev–Trinajstić information content (AvgIpc) is 3.20. The molecule has 3 aliphatic rings. The molecule has 1 N–H and O–H groups in total. The largest absolute Gasteiger partial charge is 0.468 e. The Kier molecular flexibility index (Phi) is 4.53. The number of imide groups is 1. The lowest BCUT2D eigenvalue weighted by molar-refractivity contribution is -0.145. The van der Waals surface area contributed by atoms with E-state index in [1.165, 1.54) is 18.4 Å². The summed E-state index contributed by atoms with van der Waals surface area (Å²) in [6.45, 7) is 0. The molecule has 0 spiro atoms. The molecule has 2 amide bonds. The van der Waals surface area contributed by atoms with E-state index >= 15 is 0 Å². The third kappa shape index (κ3) is 2.63. The van der Waals surface area contributed by atoms with Crippen molar-refractivity contribution >= 4 is 23.5 Å². The molecule has 1 aliphatic carbocycles. The van der Waals surface area contributed by atoms with Gasteiger partial charge in [0.2, 0.25) is 11.8 Å². The maximum atomic E-state index is 13.2. The lowest BCUT2D eigenvalue weighted by Crippen LogP contribution is -2.48. The molecule has 1 saturated carbocycles. The summed E-state index contributed by atoms with van der Waals surface area (Å²) < 4.78 is 4.92. The number of hydrogen-bond donors (Lipinski definition) is 1. The van der Waals surface area contributed by atoms with Crippen molar-refractivity contribution in [3.63, 3.8) is 0 Å². The Bertz CT molecular complexity index is 714. The molecular weight excluding hydrogens is 332 g/mol. The Morgan fingerprint density at radius 3 is 2.35 bits per heavy atom. The highest BCUT2D eigenvalue weighted by atomic mass is 16.5. The van der Waals surface area contributed by atoms with Gasteiger partial charge in [-0.15, -0.1) is 0 Å². The molecule has 4 atom stereocenters. The van der Waals surface area contributed by atoms with Gasteiger partial charge in [-0.3, -0.25) is 19.7 Å². The molecule has 0 aromatic heterocycles. The minimum Gasteiger partial charge on any atom is -0.468 e. The van der Waals surface area contributed by atoms with Crippen molar-refractivity contribution in [2.75, 3.05) is 12.0 Å². The smallest absolute Gasteiger partial charge is 0.323 e. The van der Waals surface area contributed by atoms with Crippen molar-refractivity contribution in [2.45, 2.75) is 44.2 Å². The van der Waals surface area contributed by atoms with Gasteiger partial charge in [-0.25, -0.2) is 4.90 Å². The number of ether oxygens (including phenoxy) is 1. The normalized spacial score (nSPS) is 32.0. The second-order valence-electron chi connectivity index (χ2n) is 7.49. The van der Waals surface area contributed by atoms with Crippen LogP contribution in [-0.2, 0) is 19.1 Å². The molecule has 2 heterocycles. The van der Waals surface area contributed by atoms with E-state index in [-0.39, 0.29) is 17.9 Å². The van der Waals surface area contributed by atoms with Crippen LogP contribution in [0.15, 0.2) is 30.3 Å². The van der Waals surface area contributed by atoms with E-state index in [1.54, 1.807) is 24.3 Å². The molecule has 4 rings (SSSR count). The Labute approximate surface area is 152 Å². The molecular formula is C20H24N2O4. The number of para-hydroxylation sites is 1. The standard InChI is InChI=1S/C20H24N2O4/c1-26-20(25)17-15-14(16(21-17)12-8-4-2-5-9-12)18(23)22(19(15)24)13-10-6-3-7-11-13/h3,6-7,10-12,14-17,21H,2,4-5,8-9H2,1H3/t14-,15+,16+,17+/m0/s1. The summed E-state index contributed by atoms with van der Waals surface area (Å²) in [5.41, 5.74) is 0.572. The molecule has 138 valence electrons. The zero-order valence-corrected chi connectivity index (χ0v) is 14.9. The van der Waals surface area contributed by atoms with Gasteiger partial charge in [-0.05, 0) is 30.9 Å². The van der Waals surface area contributed by atoms with Crippen molar-refractivity contribution < 1.29 is 19.1 Å². The highest BCUT2D eigenvalue weighted by Gasteiger charge is 2.62. The number of hydrogen-bond acceptors (Lipinski definition) is 5. The first-order chi connectivity index (χ1) is 12.6. The first-order valence-corrected chi connectivity index (χ1v) is 9.40. The number of benzene rings is 1. The SMILES string of the molecule is COC(=O)[C@@H]1N[C@H](C2CCCCC2)[C@H]2C(=O)N(c3ccccc3)C(=O)[C@H]21. The molecule has 0 bridgehead atoms. The zero-order chi connectivity index (χ0) is 18.3. The van der Waals surface area contributed by atoms with Gasteiger partial charge in [0.15, 0.2) is 0 Å². The van der Waals surface area contributed by atoms with Crippen molar-refractivity contribution in [2.24, 2.45) is 17.8 Å². The molecule has 6 heteroatoms. The van der Waals surface area contributed by atoms with Crippen LogP contribution >= 0.6 is 0 Å². The molecule has 26 heavy (non-hydrogen) atoms. The second-order valence-corrected chi connectivity index (χ2v) is 7.49. The topological polar surface area (TPSA) is 75.7 Å². The number of anilines is 1. The predicted octanol–water partition coefficient (Wildman–Crippen LogP) is 1.89. The number of carbonyl (C=O) groups is 3. The minimum atomic E-state index is -0.748. The summed E-state index contributed by atoms with van der Waals surface area (Å²) in [6, 6.07) is 8.08. The van der Waals surface area contributed by atoms with Crippen molar-refractivity contribution in [3.8, 4) is 0 Å². The van der Waals surface area contributed by atoms with E-state index in [0.717, 1.165) is 25.7 Å². The summed E-state index contributed by atoms with van der Waals surface area (Å²) in [5.74, 6) is -1.81. The highest BCUT2D eigenvalue weighted by Crippen LogP contribution is 2.44. The van der Waals surface area contributed by atoms with Gasteiger partial charge in [-0.2, -0.15) is 0 Å². The van der Waals surface area contributed by atoms with Gasteiger partial charge in [0.1, 0.15) is 6.04 Å². The number of methoxy groups -OCH3 is 1. The van der Waals surface area contributed by atoms with Gasteiger partial charge >= 0.3 is 5.97 Å². The number of nitrogens with zero attached hydrogens (tertiary/aromatic N) is 1. The van der Waals surface area contributed by atoms with Gasteiger partial charge in [0.05, 0.1) is 24.6 Å². The maximum Gasteiger partial charge on any atom is 0.323 e. The summed E-state index contributed by atoms with van der Waals surface area (Å²) in [6.07, 6.45) is 5.53. The molecule has 2 saturated heterocycles. The molecule has 1 aromatic carbocycles. The summed E-state index contributed by atoms with van der Waals surface area (Å²) in [4.78, 5) is 39.9. The zero-order valence-electron chi connectivity index (χ0n) is 14.9. The number of carbonyl (C=O) groups excluding carboxylic acids is 3. The number of amides is 2. The van der Waals surface area contributed by atoms with Crippen molar-refractivity contribution in [3.05, 3.63) is 30.3 Å². The number of rotatable bonds is 3. The van der Waals surface area contributed by atoms with Gasteiger partial charge in [0.25, 0.3) is 0 Å². The lowest BCUT2D eigenvalue weighted by atomic mass is 9.77.